The number of nitro benzene ring substituents is 1. The lowest BCUT2D eigenvalue weighted by atomic mass is 10.0. The van der Waals surface area contributed by atoms with Crippen molar-refractivity contribution in [1.82, 2.24) is 9.88 Å². The van der Waals surface area contributed by atoms with Gasteiger partial charge in [0, 0.05) is 29.6 Å². The summed E-state index contributed by atoms with van der Waals surface area (Å²) in [6, 6.07) is 3.97. The van der Waals surface area contributed by atoms with Crippen LogP contribution in [0.5, 0.6) is 0 Å². The molecular weight excluding hydrogens is 376 g/mol. The number of amides is 1. The van der Waals surface area contributed by atoms with Crippen molar-refractivity contribution in [2.75, 3.05) is 18.4 Å². The Morgan fingerprint density at radius 1 is 1.54 bits per heavy atom. The number of nitro groups is 1. The number of piperidine rings is 1. The van der Waals surface area contributed by atoms with Crippen LogP contribution in [0, 0.1) is 16.0 Å². The third-order valence-corrected chi connectivity index (χ3v) is 5.34. The summed E-state index contributed by atoms with van der Waals surface area (Å²) < 4.78 is 0. The van der Waals surface area contributed by atoms with Gasteiger partial charge in [-0.3, -0.25) is 25.1 Å². The van der Waals surface area contributed by atoms with Gasteiger partial charge in [0.25, 0.3) is 11.6 Å². The van der Waals surface area contributed by atoms with Gasteiger partial charge < -0.3 is 0 Å². The maximum Gasteiger partial charge on any atom is 0.283 e. The van der Waals surface area contributed by atoms with Crippen LogP contribution in [-0.2, 0) is 6.54 Å². The Morgan fingerprint density at radius 2 is 2.35 bits per heavy atom. The van der Waals surface area contributed by atoms with E-state index >= 15 is 0 Å². The lowest BCUT2D eigenvalue weighted by Crippen LogP contribution is -2.33. The highest BCUT2D eigenvalue weighted by Crippen LogP contribution is 2.25. The van der Waals surface area contributed by atoms with Gasteiger partial charge in [0.05, 0.1) is 10.6 Å². The van der Waals surface area contributed by atoms with Gasteiger partial charge in [-0.2, -0.15) is 0 Å². The normalized spacial score (nSPS) is 17.8. The molecule has 0 bridgehead atoms. The van der Waals surface area contributed by atoms with Gasteiger partial charge >= 0.3 is 0 Å². The van der Waals surface area contributed by atoms with E-state index < -0.39 is 10.8 Å². The van der Waals surface area contributed by atoms with Gasteiger partial charge in [-0.05, 0) is 37.4 Å². The van der Waals surface area contributed by atoms with E-state index in [9.17, 15) is 14.9 Å². The highest BCUT2D eigenvalue weighted by Gasteiger charge is 2.22. The Labute approximate surface area is 160 Å². The Kier molecular flexibility index (Phi) is 5.85. The van der Waals surface area contributed by atoms with Crippen LogP contribution in [0.4, 0.5) is 10.8 Å². The standard InChI is InChI=1S/C17H19ClN4O3S/c1-11-3-2-6-21(8-11)9-13-10-26-17(19-13)20-16(23)14-5-4-12(18)7-15(14)22(24)25/h4-5,7,10-11H,2-3,6,8-9H2,1H3,(H,19,20,23). The third kappa shape index (κ3) is 4.57. The number of nitrogens with zero attached hydrogens (tertiary/aromatic N) is 3. The van der Waals surface area contributed by atoms with Crippen LogP contribution in [0.2, 0.25) is 5.02 Å². The Bertz CT molecular complexity index is 826. The molecular formula is C17H19ClN4O3S. The minimum absolute atomic E-state index is 0.0407. The highest BCUT2D eigenvalue weighted by molar-refractivity contribution is 7.14. The van der Waals surface area contributed by atoms with E-state index in [1.807, 2.05) is 5.38 Å². The smallest absolute Gasteiger partial charge is 0.283 e. The molecule has 1 amide bonds. The van der Waals surface area contributed by atoms with Gasteiger partial charge in [0.1, 0.15) is 5.56 Å². The number of halogens is 1. The molecule has 7 nitrogen and oxygen atoms in total. The van der Waals surface area contributed by atoms with Crippen LogP contribution >= 0.6 is 22.9 Å². The molecule has 1 aromatic carbocycles. The predicted octanol–water partition coefficient (Wildman–Crippen LogP) is 4.19. The first-order valence-corrected chi connectivity index (χ1v) is 9.60. The number of carbonyl (C=O) groups is 1. The fourth-order valence-corrected chi connectivity index (χ4v) is 3.97. The molecule has 1 atom stereocenters. The summed E-state index contributed by atoms with van der Waals surface area (Å²) in [4.78, 5) is 29.7. The molecule has 138 valence electrons. The molecule has 1 saturated heterocycles. The lowest BCUT2D eigenvalue weighted by molar-refractivity contribution is -0.385. The van der Waals surface area contributed by atoms with Crippen molar-refractivity contribution in [3.05, 3.63) is 50.0 Å². The minimum atomic E-state index is -0.619. The second-order valence-corrected chi connectivity index (χ2v) is 7.79. The molecule has 26 heavy (non-hydrogen) atoms. The topological polar surface area (TPSA) is 88.4 Å². The minimum Gasteiger partial charge on any atom is -0.298 e. The molecule has 0 aliphatic carbocycles. The number of hydrogen-bond donors (Lipinski definition) is 1. The summed E-state index contributed by atoms with van der Waals surface area (Å²) in [5.41, 5.74) is 0.528. The van der Waals surface area contributed by atoms with Crippen molar-refractivity contribution in [2.45, 2.75) is 26.3 Å². The summed E-state index contributed by atoms with van der Waals surface area (Å²) in [5.74, 6) is 0.118. The maximum absolute atomic E-state index is 12.4. The number of thiazole rings is 1. The molecule has 1 aliphatic rings. The molecule has 2 heterocycles. The number of anilines is 1. The van der Waals surface area contributed by atoms with Crippen LogP contribution < -0.4 is 5.32 Å². The van der Waals surface area contributed by atoms with E-state index in [0.29, 0.717) is 11.0 Å². The molecule has 0 saturated carbocycles. The first kappa shape index (κ1) is 18.8. The van der Waals surface area contributed by atoms with Gasteiger partial charge in [-0.25, -0.2) is 4.98 Å². The quantitative estimate of drug-likeness (QED) is 0.606. The zero-order valence-electron chi connectivity index (χ0n) is 14.3. The SMILES string of the molecule is CC1CCCN(Cc2csc(NC(=O)c3ccc(Cl)cc3[N+](=O)[O-])n2)C1. The van der Waals surface area contributed by atoms with E-state index in [4.69, 9.17) is 11.6 Å². The largest absolute Gasteiger partial charge is 0.298 e. The number of hydrogen-bond acceptors (Lipinski definition) is 6. The summed E-state index contributed by atoms with van der Waals surface area (Å²) in [6.45, 7) is 5.10. The molecule has 2 aromatic rings. The van der Waals surface area contributed by atoms with E-state index in [1.165, 1.54) is 42.4 Å². The second-order valence-electron chi connectivity index (χ2n) is 6.50. The molecule has 1 N–H and O–H groups in total. The molecule has 3 rings (SSSR count). The number of rotatable bonds is 5. The van der Waals surface area contributed by atoms with Crippen molar-refractivity contribution >= 4 is 39.7 Å². The first-order valence-electron chi connectivity index (χ1n) is 8.34. The number of aromatic nitrogens is 1. The lowest BCUT2D eigenvalue weighted by Gasteiger charge is -2.30. The Hall–Kier alpha value is -2.03. The summed E-state index contributed by atoms with van der Waals surface area (Å²) >= 11 is 7.09. The van der Waals surface area contributed by atoms with E-state index in [2.05, 4.69) is 22.1 Å². The van der Waals surface area contributed by atoms with Crippen LogP contribution in [0.3, 0.4) is 0 Å². The van der Waals surface area contributed by atoms with Gasteiger partial charge in [-0.1, -0.05) is 18.5 Å². The molecule has 0 spiro atoms. The average molecular weight is 395 g/mol. The van der Waals surface area contributed by atoms with E-state index in [-0.39, 0.29) is 16.3 Å². The zero-order valence-corrected chi connectivity index (χ0v) is 15.8. The fourth-order valence-electron chi connectivity index (χ4n) is 3.11. The fraction of sp³-hybridized carbons (Fsp3) is 0.412. The number of carbonyl (C=O) groups excluding carboxylic acids is 1. The molecule has 1 aromatic heterocycles. The summed E-state index contributed by atoms with van der Waals surface area (Å²) in [7, 11) is 0. The number of benzene rings is 1. The number of likely N-dealkylation sites (tertiary alicyclic amines) is 1. The van der Waals surface area contributed by atoms with Crippen LogP contribution in [0.1, 0.15) is 35.8 Å². The van der Waals surface area contributed by atoms with Crippen LogP contribution in [0.15, 0.2) is 23.6 Å². The van der Waals surface area contributed by atoms with Crippen LogP contribution in [0.25, 0.3) is 0 Å². The van der Waals surface area contributed by atoms with Crippen molar-refractivity contribution < 1.29 is 9.72 Å². The predicted molar refractivity (Wildman–Crippen MR) is 102 cm³/mol. The van der Waals surface area contributed by atoms with Crippen molar-refractivity contribution in [3.63, 3.8) is 0 Å². The van der Waals surface area contributed by atoms with E-state index in [0.717, 1.165) is 25.3 Å². The molecule has 1 unspecified atom stereocenters. The molecule has 1 fully saturated rings. The maximum atomic E-state index is 12.4. The summed E-state index contributed by atoms with van der Waals surface area (Å²) in [6.07, 6.45) is 2.45. The first-order chi connectivity index (χ1) is 12.4. The van der Waals surface area contributed by atoms with Crippen molar-refractivity contribution in [1.29, 1.82) is 0 Å². The number of nitrogens with one attached hydrogen (secondary N) is 1. The molecule has 0 radical (unpaired) electrons. The van der Waals surface area contributed by atoms with Gasteiger partial charge in [0.15, 0.2) is 5.13 Å². The van der Waals surface area contributed by atoms with E-state index in [1.54, 1.807) is 0 Å². The third-order valence-electron chi connectivity index (χ3n) is 4.30. The Balaban J connectivity index is 1.67. The van der Waals surface area contributed by atoms with Gasteiger partial charge in [-0.15, -0.1) is 11.3 Å². The monoisotopic (exact) mass is 394 g/mol. The highest BCUT2D eigenvalue weighted by atomic mass is 35.5. The average Bonchev–Trinajstić information content (AvgIpc) is 3.01. The summed E-state index contributed by atoms with van der Waals surface area (Å²) in [5, 5.41) is 16.3. The second kappa shape index (κ2) is 8.11. The van der Waals surface area contributed by atoms with Gasteiger partial charge in [0.2, 0.25) is 0 Å². The molecule has 9 heteroatoms. The zero-order chi connectivity index (χ0) is 18.7. The van der Waals surface area contributed by atoms with Crippen molar-refractivity contribution in [3.8, 4) is 0 Å². The molecule has 1 aliphatic heterocycles. The van der Waals surface area contributed by atoms with Crippen LogP contribution in [-0.4, -0.2) is 33.8 Å². The van der Waals surface area contributed by atoms with Crippen molar-refractivity contribution in [2.24, 2.45) is 5.92 Å². The Morgan fingerprint density at radius 3 is 3.08 bits per heavy atom.